The SMILES string of the molecule is CCN(C)C=Nc1cc(C)c(Oc2cccc(C(F)(F)F)c2)cc1C. The fraction of sp³-hybridized carbons (Fsp3) is 0.316. The van der Waals surface area contributed by atoms with Crippen LogP contribution >= 0.6 is 0 Å². The molecule has 0 unspecified atom stereocenters. The molecule has 0 spiro atoms. The van der Waals surface area contributed by atoms with Gasteiger partial charge in [-0.05, 0) is 62.2 Å². The molecule has 0 radical (unpaired) electrons. The minimum absolute atomic E-state index is 0.152. The average molecular weight is 350 g/mol. The molecule has 0 atom stereocenters. The molecule has 0 heterocycles. The number of halogens is 3. The standard InChI is InChI=1S/C19H21F3N2O/c1-5-24(4)12-23-17-9-14(3)18(10-13(17)2)25-16-8-6-7-15(11-16)19(20,21)22/h6-12H,5H2,1-4H3. The molecule has 0 fully saturated rings. The number of ether oxygens (including phenoxy) is 1. The molecule has 3 nitrogen and oxygen atoms in total. The smallest absolute Gasteiger partial charge is 0.416 e. The van der Waals surface area contributed by atoms with Crippen molar-refractivity contribution in [1.82, 2.24) is 4.90 Å². The second-order valence-electron chi connectivity index (χ2n) is 5.85. The highest BCUT2D eigenvalue weighted by atomic mass is 19.4. The summed E-state index contributed by atoms with van der Waals surface area (Å²) < 4.78 is 44.1. The third-order valence-corrected chi connectivity index (χ3v) is 3.78. The summed E-state index contributed by atoms with van der Waals surface area (Å²) in [6, 6.07) is 8.50. The Morgan fingerprint density at radius 3 is 2.48 bits per heavy atom. The Bertz CT molecular complexity index is 770. The number of rotatable bonds is 5. The summed E-state index contributed by atoms with van der Waals surface area (Å²) in [5, 5.41) is 0. The van der Waals surface area contributed by atoms with E-state index in [2.05, 4.69) is 4.99 Å². The summed E-state index contributed by atoms with van der Waals surface area (Å²) in [6.07, 6.45) is -2.65. The van der Waals surface area contributed by atoms with Crippen molar-refractivity contribution < 1.29 is 17.9 Å². The van der Waals surface area contributed by atoms with E-state index in [4.69, 9.17) is 4.74 Å². The van der Waals surface area contributed by atoms with Gasteiger partial charge in [0.05, 0.1) is 17.6 Å². The van der Waals surface area contributed by atoms with E-state index in [-0.39, 0.29) is 5.75 Å². The van der Waals surface area contributed by atoms with Gasteiger partial charge in [0.1, 0.15) is 11.5 Å². The van der Waals surface area contributed by atoms with E-state index >= 15 is 0 Å². The van der Waals surface area contributed by atoms with Gasteiger partial charge in [0, 0.05) is 13.6 Å². The van der Waals surface area contributed by atoms with Crippen molar-refractivity contribution in [3.8, 4) is 11.5 Å². The van der Waals surface area contributed by atoms with Gasteiger partial charge in [-0.25, -0.2) is 4.99 Å². The van der Waals surface area contributed by atoms with Gasteiger partial charge >= 0.3 is 6.18 Å². The third-order valence-electron chi connectivity index (χ3n) is 3.78. The Labute approximate surface area is 145 Å². The van der Waals surface area contributed by atoms with E-state index in [1.54, 1.807) is 12.4 Å². The molecule has 0 saturated heterocycles. The number of alkyl halides is 3. The zero-order valence-electron chi connectivity index (χ0n) is 14.7. The van der Waals surface area contributed by atoms with Crippen molar-refractivity contribution in [2.45, 2.75) is 26.9 Å². The normalized spacial score (nSPS) is 11.8. The maximum Gasteiger partial charge on any atom is 0.416 e. The Hall–Kier alpha value is -2.50. The van der Waals surface area contributed by atoms with E-state index in [9.17, 15) is 13.2 Å². The Morgan fingerprint density at radius 2 is 1.84 bits per heavy atom. The van der Waals surface area contributed by atoms with E-state index in [0.717, 1.165) is 35.5 Å². The highest BCUT2D eigenvalue weighted by Gasteiger charge is 2.30. The lowest BCUT2D eigenvalue weighted by molar-refractivity contribution is -0.137. The first kappa shape index (κ1) is 18.8. The highest BCUT2D eigenvalue weighted by molar-refractivity contribution is 5.64. The number of aryl methyl sites for hydroxylation is 2. The number of hydrogen-bond donors (Lipinski definition) is 0. The Morgan fingerprint density at radius 1 is 1.12 bits per heavy atom. The maximum atomic E-state index is 12.8. The Kier molecular flexibility index (Phi) is 5.72. The zero-order valence-corrected chi connectivity index (χ0v) is 14.7. The van der Waals surface area contributed by atoms with Crippen LogP contribution in [0.15, 0.2) is 41.4 Å². The largest absolute Gasteiger partial charge is 0.457 e. The summed E-state index contributed by atoms with van der Waals surface area (Å²) in [6.45, 7) is 6.59. The first-order chi connectivity index (χ1) is 11.7. The monoisotopic (exact) mass is 350 g/mol. The minimum Gasteiger partial charge on any atom is -0.457 e. The van der Waals surface area contributed by atoms with Gasteiger partial charge in [-0.3, -0.25) is 0 Å². The van der Waals surface area contributed by atoms with Crippen LogP contribution in [0.25, 0.3) is 0 Å². The van der Waals surface area contributed by atoms with Gasteiger partial charge in [-0.1, -0.05) is 6.07 Å². The quantitative estimate of drug-likeness (QED) is 0.508. The molecule has 0 saturated carbocycles. The average Bonchev–Trinajstić information content (AvgIpc) is 2.55. The van der Waals surface area contributed by atoms with E-state index in [1.165, 1.54) is 12.1 Å². The van der Waals surface area contributed by atoms with Crippen molar-refractivity contribution in [2.24, 2.45) is 4.99 Å². The third kappa shape index (κ3) is 4.98. The van der Waals surface area contributed by atoms with E-state index < -0.39 is 11.7 Å². The summed E-state index contributed by atoms with van der Waals surface area (Å²) in [5.74, 6) is 0.666. The summed E-state index contributed by atoms with van der Waals surface area (Å²) in [7, 11) is 1.93. The van der Waals surface area contributed by atoms with Crippen LogP contribution in [0.4, 0.5) is 18.9 Å². The number of hydrogen-bond acceptors (Lipinski definition) is 2. The van der Waals surface area contributed by atoms with Gasteiger partial charge in [0.15, 0.2) is 0 Å². The van der Waals surface area contributed by atoms with Crippen LogP contribution in [0.5, 0.6) is 11.5 Å². The van der Waals surface area contributed by atoms with Crippen LogP contribution in [0.2, 0.25) is 0 Å². The molecule has 0 aliphatic heterocycles. The second-order valence-corrected chi connectivity index (χ2v) is 5.85. The van der Waals surface area contributed by atoms with Gasteiger partial charge in [-0.15, -0.1) is 0 Å². The van der Waals surface area contributed by atoms with E-state index in [1.807, 2.05) is 38.8 Å². The fourth-order valence-electron chi connectivity index (χ4n) is 2.13. The highest BCUT2D eigenvalue weighted by Crippen LogP contribution is 2.35. The van der Waals surface area contributed by atoms with Crippen molar-refractivity contribution in [3.05, 3.63) is 53.1 Å². The predicted octanol–water partition coefficient (Wildman–Crippen LogP) is 5.73. The molecule has 0 aliphatic carbocycles. The first-order valence-corrected chi connectivity index (χ1v) is 7.91. The molecule has 25 heavy (non-hydrogen) atoms. The maximum absolute atomic E-state index is 12.8. The molecular weight excluding hydrogens is 329 g/mol. The zero-order chi connectivity index (χ0) is 18.6. The molecule has 2 rings (SSSR count). The summed E-state index contributed by atoms with van der Waals surface area (Å²) in [5.41, 5.74) is 1.75. The van der Waals surface area contributed by atoms with E-state index in [0.29, 0.717) is 5.75 Å². The first-order valence-electron chi connectivity index (χ1n) is 7.91. The molecule has 0 N–H and O–H groups in total. The molecule has 134 valence electrons. The minimum atomic E-state index is -4.39. The second kappa shape index (κ2) is 7.59. The van der Waals surface area contributed by atoms with Crippen molar-refractivity contribution in [1.29, 1.82) is 0 Å². The van der Waals surface area contributed by atoms with Gasteiger partial charge in [0.25, 0.3) is 0 Å². The van der Waals surface area contributed by atoms with Crippen LogP contribution < -0.4 is 4.74 Å². The molecule has 0 aromatic heterocycles. The molecule has 0 aliphatic rings. The van der Waals surface area contributed by atoms with Crippen LogP contribution in [-0.4, -0.2) is 24.8 Å². The predicted molar refractivity (Wildman–Crippen MR) is 93.9 cm³/mol. The number of benzene rings is 2. The van der Waals surface area contributed by atoms with Gasteiger partial charge in [-0.2, -0.15) is 13.2 Å². The van der Waals surface area contributed by atoms with Crippen molar-refractivity contribution in [2.75, 3.05) is 13.6 Å². The van der Waals surface area contributed by atoms with Crippen molar-refractivity contribution >= 4 is 12.0 Å². The lowest BCUT2D eigenvalue weighted by Gasteiger charge is -2.14. The fourth-order valence-corrected chi connectivity index (χ4v) is 2.13. The molecular formula is C19H21F3N2O. The molecule has 2 aromatic rings. The summed E-state index contributed by atoms with van der Waals surface area (Å²) in [4.78, 5) is 6.37. The Balaban J connectivity index is 2.27. The van der Waals surface area contributed by atoms with Gasteiger partial charge < -0.3 is 9.64 Å². The lowest BCUT2D eigenvalue weighted by Crippen LogP contribution is -2.14. The molecule has 2 aromatic carbocycles. The molecule has 6 heteroatoms. The van der Waals surface area contributed by atoms with Gasteiger partial charge in [0.2, 0.25) is 0 Å². The van der Waals surface area contributed by atoms with Crippen LogP contribution in [0.3, 0.4) is 0 Å². The van der Waals surface area contributed by atoms with Crippen molar-refractivity contribution in [3.63, 3.8) is 0 Å². The lowest BCUT2D eigenvalue weighted by atomic mass is 10.1. The van der Waals surface area contributed by atoms with Crippen LogP contribution in [0.1, 0.15) is 23.6 Å². The summed E-state index contributed by atoms with van der Waals surface area (Å²) >= 11 is 0. The molecule has 0 amide bonds. The van der Waals surface area contributed by atoms with Crippen LogP contribution in [0, 0.1) is 13.8 Å². The molecule has 0 bridgehead atoms. The number of aliphatic imine (C=N–C) groups is 1. The van der Waals surface area contributed by atoms with Crippen LogP contribution in [-0.2, 0) is 6.18 Å². The number of nitrogens with zero attached hydrogens (tertiary/aromatic N) is 2. The topological polar surface area (TPSA) is 24.8 Å².